The first-order chi connectivity index (χ1) is 15.0. The minimum absolute atomic E-state index is 0.0418. The Morgan fingerprint density at radius 1 is 0.968 bits per heavy atom. The van der Waals surface area contributed by atoms with Crippen LogP contribution in [-0.4, -0.2) is 69.3 Å². The van der Waals surface area contributed by atoms with Gasteiger partial charge in [-0.15, -0.1) is 5.92 Å². The van der Waals surface area contributed by atoms with E-state index in [0.717, 1.165) is 18.7 Å². The van der Waals surface area contributed by atoms with Crippen molar-refractivity contribution in [2.24, 2.45) is 5.92 Å². The highest BCUT2D eigenvalue weighted by atomic mass is 33.1. The van der Waals surface area contributed by atoms with Crippen LogP contribution in [0.1, 0.15) is 61.3 Å². The number of ether oxygens (including phenoxy) is 3. The first-order valence-electron chi connectivity index (χ1n) is 11.5. The number of rotatable bonds is 18. The molecule has 0 spiro atoms. The zero-order valence-corrected chi connectivity index (χ0v) is 22.4. The van der Waals surface area contributed by atoms with Gasteiger partial charge in [-0.25, -0.2) is 0 Å². The summed E-state index contributed by atoms with van der Waals surface area (Å²) in [5, 5.41) is 6.15. The number of carbonyl (C=O) groups is 1. The van der Waals surface area contributed by atoms with Gasteiger partial charge in [0.25, 0.3) is 0 Å². The zero-order valence-electron chi connectivity index (χ0n) is 20.8. The second-order valence-electron chi connectivity index (χ2n) is 6.97. The van der Waals surface area contributed by atoms with Crippen molar-refractivity contribution < 1.29 is 19.0 Å². The molecule has 0 aromatic heterocycles. The van der Waals surface area contributed by atoms with Crippen LogP contribution in [0.3, 0.4) is 0 Å². The van der Waals surface area contributed by atoms with Gasteiger partial charge in [-0.2, -0.15) is 0 Å². The first-order valence-corrected chi connectivity index (χ1v) is 13.9. The Bertz CT molecular complexity index is 455. The summed E-state index contributed by atoms with van der Waals surface area (Å²) in [5.74, 6) is 7.25. The highest BCUT2D eigenvalue weighted by Gasteiger charge is 2.14. The van der Waals surface area contributed by atoms with Crippen LogP contribution in [0.5, 0.6) is 0 Å². The van der Waals surface area contributed by atoms with E-state index in [1.807, 2.05) is 31.6 Å². The quantitative estimate of drug-likeness (QED) is 0.131. The summed E-state index contributed by atoms with van der Waals surface area (Å²) >= 11 is 0. The number of nitrogens with one attached hydrogen (secondary N) is 2. The molecule has 1 unspecified atom stereocenters. The van der Waals surface area contributed by atoms with Crippen molar-refractivity contribution in [3.05, 3.63) is 0 Å². The van der Waals surface area contributed by atoms with E-state index in [4.69, 9.17) is 14.2 Å². The van der Waals surface area contributed by atoms with Crippen molar-refractivity contribution in [3.63, 3.8) is 0 Å². The largest absolute Gasteiger partial charge is 0.379 e. The van der Waals surface area contributed by atoms with E-state index in [1.165, 1.54) is 0 Å². The van der Waals surface area contributed by atoms with E-state index in [9.17, 15) is 4.79 Å². The number of amides is 1. The van der Waals surface area contributed by atoms with Crippen LogP contribution in [0.15, 0.2) is 0 Å². The van der Waals surface area contributed by atoms with Gasteiger partial charge in [-0.3, -0.25) is 4.79 Å². The fourth-order valence-corrected chi connectivity index (χ4v) is 4.54. The number of hydrogen-bond donors (Lipinski definition) is 2. The van der Waals surface area contributed by atoms with Crippen LogP contribution < -0.4 is 10.6 Å². The van der Waals surface area contributed by atoms with Gasteiger partial charge in [-0.1, -0.05) is 76.0 Å². The average molecular weight is 479 g/mol. The zero-order chi connectivity index (χ0) is 23.7. The minimum Gasteiger partial charge on any atom is -0.379 e. The smallest absolute Gasteiger partial charge is 0.223 e. The monoisotopic (exact) mass is 478 g/mol. The summed E-state index contributed by atoms with van der Waals surface area (Å²) in [4.78, 5) is 11.5. The molecule has 0 saturated carbocycles. The Morgan fingerprint density at radius 3 is 2.23 bits per heavy atom. The molecule has 0 aliphatic carbocycles. The predicted molar refractivity (Wildman–Crippen MR) is 136 cm³/mol. The van der Waals surface area contributed by atoms with E-state index in [1.54, 1.807) is 10.8 Å². The molecule has 184 valence electrons. The molecule has 31 heavy (non-hydrogen) atoms. The molecule has 0 fully saturated rings. The molecule has 0 radical (unpaired) electrons. The fourth-order valence-electron chi connectivity index (χ4n) is 1.96. The van der Waals surface area contributed by atoms with E-state index < -0.39 is 0 Å². The first kappa shape index (κ1) is 32.7. The summed E-state index contributed by atoms with van der Waals surface area (Å²) in [7, 11) is 3.64. The molecule has 1 atom stereocenters. The van der Waals surface area contributed by atoms with Crippen molar-refractivity contribution >= 4 is 27.5 Å². The van der Waals surface area contributed by atoms with Crippen molar-refractivity contribution in [1.29, 1.82) is 0 Å². The molecule has 0 aliphatic rings. The summed E-state index contributed by atoms with van der Waals surface area (Å²) in [6.07, 6.45) is 1.14. The lowest BCUT2D eigenvalue weighted by atomic mass is 10.2. The Labute approximate surface area is 199 Å². The SMILES string of the molecule is CC.CCC#CCNC(=O)CCOCCOCCOC(SSCCNC(C)C)C(C)C. The molecule has 0 aromatic carbocycles. The normalized spacial score (nSPS) is 11.5. The van der Waals surface area contributed by atoms with E-state index in [-0.39, 0.29) is 11.3 Å². The summed E-state index contributed by atoms with van der Waals surface area (Å²) in [5.41, 5.74) is 0.166. The highest BCUT2D eigenvalue weighted by molar-refractivity contribution is 8.76. The molecule has 8 heteroatoms. The van der Waals surface area contributed by atoms with Crippen LogP contribution in [0.4, 0.5) is 0 Å². The van der Waals surface area contributed by atoms with Crippen LogP contribution in [0.2, 0.25) is 0 Å². The molecular formula is C23H46N2O4S2. The van der Waals surface area contributed by atoms with Crippen LogP contribution in [0.25, 0.3) is 0 Å². The summed E-state index contributed by atoms with van der Waals surface area (Å²) in [6.45, 7) is 18.5. The fraction of sp³-hybridized carbons (Fsp3) is 0.870. The second-order valence-corrected chi connectivity index (χ2v) is 9.55. The molecule has 0 aliphatic heterocycles. The lowest BCUT2D eigenvalue weighted by Crippen LogP contribution is -2.25. The predicted octanol–water partition coefficient (Wildman–Crippen LogP) is 4.34. The van der Waals surface area contributed by atoms with Crippen LogP contribution in [0, 0.1) is 17.8 Å². The van der Waals surface area contributed by atoms with Gasteiger partial charge in [0.05, 0.1) is 39.6 Å². The Kier molecular flexibility index (Phi) is 27.3. The third-order valence-corrected chi connectivity index (χ3v) is 6.33. The summed E-state index contributed by atoms with van der Waals surface area (Å²) in [6, 6.07) is 0.529. The van der Waals surface area contributed by atoms with Crippen LogP contribution >= 0.6 is 21.6 Å². The maximum atomic E-state index is 11.5. The Hall–Kier alpha value is -0.430. The molecule has 0 saturated heterocycles. The molecule has 1 amide bonds. The molecule has 0 aromatic rings. The van der Waals surface area contributed by atoms with Crippen molar-refractivity contribution in [3.8, 4) is 11.8 Å². The second kappa shape index (κ2) is 25.8. The molecule has 6 nitrogen and oxygen atoms in total. The Balaban J connectivity index is 0. The van der Waals surface area contributed by atoms with Gasteiger partial charge in [-0.05, 0) is 5.92 Å². The van der Waals surface area contributed by atoms with Gasteiger partial charge >= 0.3 is 0 Å². The standard InChI is InChI=1S/C21H40N2O4S2.C2H6/c1-6-7-8-10-23-20(24)9-12-25-13-14-26-15-16-27-21(18(2)3)29-28-17-11-22-19(4)5;1-2/h18-19,21-22H,6,9-17H2,1-5H3,(H,23,24);1-2H3. The average Bonchev–Trinajstić information content (AvgIpc) is 2.74. The third kappa shape index (κ3) is 25.7. The van der Waals surface area contributed by atoms with Crippen molar-refractivity contribution in [2.75, 3.05) is 51.9 Å². The molecule has 0 bridgehead atoms. The number of carbonyl (C=O) groups excluding carboxylic acids is 1. The van der Waals surface area contributed by atoms with Crippen molar-refractivity contribution in [2.45, 2.75) is 72.8 Å². The van der Waals surface area contributed by atoms with Gasteiger partial charge in [0.15, 0.2) is 0 Å². The van der Waals surface area contributed by atoms with E-state index in [2.05, 4.69) is 50.2 Å². The lowest BCUT2D eigenvalue weighted by molar-refractivity contribution is -0.122. The topological polar surface area (TPSA) is 68.8 Å². The van der Waals surface area contributed by atoms with Gasteiger partial charge in [0.1, 0.15) is 5.44 Å². The molecular weight excluding hydrogens is 432 g/mol. The Morgan fingerprint density at radius 2 is 1.61 bits per heavy atom. The number of hydrogen-bond acceptors (Lipinski definition) is 7. The van der Waals surface area contributed by atoms with E-state index >= 15 is 0 Å². The van der Waals surface area contributed by atoms with Crippen LogP contribution in [-0.2, 0) is 19.0 Å². The maximum absolute atomic E-state index is 11.5. The molecule has 0 heterocycles. The van der Waals surface area contributed by atoms with Gasteiger partial charge in [0.2, 0.25) is 5.91 Å². The van der Waals surface area contributed by atoms with Crippen molar-refractivity contribution in [1.82, 2.24) is 10.6 Å². The van der Waals surface area contributed by atoms with E-state index in [0.29, 0.717) is 58.0 Å². The maximum Gasteiger partial charge on any atom is 0.223 e. The third-order valence-electron chi connectivity index (χ3n) is 3.48. The lowest BCUT2D eigenvalue weighted by Gasteiger charge is -2.20. The summed E-state index contributed by atoms with van der Waals surface area (Å²) < 4.78 is 16.9. The van der Waals surface area contributed by atoms with Gasteiger partial charge in [0, 0.05) is 31.2 Å². The highest BCUT2D eigenvalue weighted by Crippen LogP contribution is 2.31. The molecule has 0 rings (SSSR count). The van der Waals surface area contributed by atoms with Gasteiger partial charge < -0.3 is 24.8 Å². The minimum atomic E-state index is -0.0418. The molecule has 2 N–H and O–H groups in total.